The van der Waals surface area contributed by atoms with E-state index in [9.17, 15) is 19.7 Å². The molecule has 1 fully saturated rings. The summed E-state index contributed by atoms with van der Waals surface area (Å²) >= 11 is 0. The Hall–Kier alpha value is -2.98. The monoisotopic (exact) mass is 408 g/mol. The van der Waals surface area contributed by atoms with Crippen LogP contribution in [0.3, 0.4) is 0 Å². The van der Waals surface area contributed by atoms with Crippen LogP contribution in [0.1, 0.15) is 40.0 Å². The number of ether oxygens (including phenoxy) is 1. The minimum Gasteiger partial charge on any atom is -0.459 e. The van der Waals surface area contributed by atoms with Crippen molar-refractivity contribution in [3.63, 3.8) is 0 Å². The van der Waals surface area contributed by atoms with E-state index in [0.29, 0.717) is 25.9 Å². The van der Waals surface area contributed by atoms with Crippen LogP contribution in [-0.4, -0.2) is 70.5 Å². The molecule has 1 saturated heterocycles. The maximum atomic E-state index is 12.0. The highest BCUT2D eigenvalue weighted by atomic mass is 16.6. The van der Waals surface area contributed by atoms with Gasteiger partial charge in [-0.05, 0) is 33.6 Å². The normalized spacial score (nSPS) is 14.1. The SMILES string of the molecule is CN(CC(=O)OC(C)(C)C)c1ncnc(NCCCN2CCCC2=O)c1[N+](=O)[O-]. The molecule has 0 aromatic carbocycles. The lowest BCUT2D eigenvalue weighted by molar-refractivity contribution is -0.383. The molecule has 0 saturated carbocycles. The summed E-state index contributed by atoms with van der Waals surface area (Å²) in [7, 11) is 1.53. The van der Waals surface area contributed by atoms with Crippen molar-refractivity contribution in [3.8, 4) is 0 Å². The van der Waals surface area contributed by atoms with Gasteiger partial charge in [-0.15, -0.1) is 0 Å². The predicted octanol–water partition coefficient (Wildman–Crippen LogP) is 1.59. The largest absolute Gasteiger partial charge is 0.459 e. The zero-order chi connectivity index (χ0) is 21.6. The van der Waals surface area contributed by atoms with Crippen molar-refractivity contribution < 1.29 is 19.2 Å². The fraction of sp³-hybridized carbons (Fsp3) is 0.667. The first-order valence-electron chi connectivity index (χ1n) is 9.52. The Morgan fingerprint density at radius 2 is 2.14 bits per heavy atom. The summed E-state index contributed by atoms with van der Waals surface area (Å²) in [5, 5.41) is 14.6. The molecule has 1 aliphatic heterocycles. The highest BCUT2D eigenvalue weighted by Crippen LogP contribution is 2.31. The third-order valence-corrected chi connectivity index (χ3v) is 4.20. The van der Waals surface area contributed by atoms with E-state index in [1.807, 2.05) is 0 Å². The van der Waals surface area contributed by atoms with E-state index in [-0.39, 0.29) is 29.8 Å². The molecular formula is C18H28N6O5. The molecule has 0 bridgehead atoms. The van der Waals surface area contributed by atoms with Crippen LogP contribution < -0.4 is 10.2 Å². The van der Waals surface area contributed by atoms with E-state index in [4.69, 9.17) is 4.74 Å². The van der Waals surface area contributed by atoms with Gasteiger partial charge < -0.3 is 19.9 Å². The highest BCUT2D eigenvalue weighted by Gasteiger charge is 2.27. The second-order valence-corrected chi connectivity index (χ2v) is 7.86. The first-order chi connectivity index (χ1) is 13.6. The van der Waals surface area contributed by atoms with Gasteiger partial charge in [0, 0.05) is 33.1 Å². The lowest BCUT2D eigenvalue weighted by Crippen LogP contribution is -2.33. The molecule has 160 valence electrons. The molecule has 11 nitrogen and oxygen atoms in total. The Bertz CT molecular complexity index is 764. The first kappa shape index (κ1) is 22.3. The number of likely N-dealkylation sites (tertiary alicyclic amines) is 1. The van der Waals surface area contributed by atoms with Gasteiger partial charge in [0.05, 0.1) is 4.92 Å². The molecule has 11 heteroatoms. The Morgan fingerprint density at radius 1 is 1.41 bits per heavy atom. The minimum absolute atomic E-state index is 0.0214. The van der Waals surface area contributed by atoms with Crippen molar-refractivity contribution in [1.29, 1.82) is 0 Å². The summed E-state index contributed by atoms with van der Waals surface area (Å²) in [6, 6.07) is 0. The molecule has 0 aliphatic carbocycles. The Kier molecular flexibility index (Phi) is 7.29. The molecule has 0 radical (unpaired) electrons. The van der Waals surface area contributed by atoms with Crippen LogP contribution >= 0.6 is 0 Å². The van der Waals surface area contributed by atoms with Crippen LogP contribution in [0.2, 0.25) is 0 Å². The van der Waals surface area contributed by atoms with E-state index in [2.05, 4.69) is 15.3 Å². The lowest BCUT2D eigenvalue weighted by atomic mass is 10.2. The summed E-state index contributed by atoms with van der Waals surface area (Å²) in [5.74, 6) is -0.279. The number of hydrogen-bond acceptors (Lipinski definition) is 9. The number of esters is 1. The molecule has 29 heavy (non-hydrogen) atoms. The van der Waals surface area contributed by atoms with Gasteiger partial charge in [-0.1, -0.05) is 0 Å². The molecule has 2 heterocycles. The van der Waals surface area contributed by atoms with Crippen LogP contribution in [-0.2, 0) is 14.3 Å². The van der Waals surface area contributed by atoms with Crippen molar-refractivity contribution in [2.24, 2.45) is 0 Å². The topological polar surface area (TPSA) is 131 Å². The number of carbonyl (C=O) groups excluding carboxylic acids is 2. The van der Waals surface area contributed by atoms with Crippen LogP contribution in [0.5, 0.6) is 0 Å². The molecule has 2 rings (SSSR count). The number of anilines is 2. The Balaban J connectivity index is 2.03. The van der Waals surface area contributed by atoms with Crippen molar-refractivity contribution in [2.45, 2.75) is 45.6 Å². The molecule has 0 spiro atoms. The standard InChI is InChI=1S/C18H28N6O5/c1-18(2,3)29-14(26)11-22(4)17-15(24(27)28)16(20-12-21-17)19-8-6-10-23-9-5-7-13(23)25/h12H,5-11H2,1-4H3,(H,19,20,21). The number of likely N-dealkylation sites (N-methyl/N-ethyl adjacent to an activating group) is 1. The van der Waals surface area contributed by atoms with E-state index >= 15 is 0 Å². The van der Waals surface area contributed by atoms with Crippen molar-refractivity contribution in [2.75, 3.05) is 43.4 Å². The molecule has 0 unspecified atom stereocenters. The third-order valence-electron chi connectivity index (χ3n) is 4.20. The second kappa shape index (κ2) is 9.48. The first-order valence-corrected chi connectivity index (χ1v) is 9.52. The number of carbonyl (C=O) groups is 2. The van der Waals surface area contributed by atoms with Crippen molar-refractivity contribution >= 4 is 29.2 Å². The summed E-state index contributed by atoms with van der Waals surface area (Å²) < 4.78 is 5.26. The van der Waals surface area contributed by atoms with Gasteiger partial charge in [0.1, 0.15) is 18.5 Å². The van der Waals surface area contributed by atoms with Crippen molar-refractivity contribution in [1.82, 2.24) is 14.9 Å². The second-order valence-electron chi connectivity index (χ2n) is 7.86. The molecule has 1 N–H and O–H groups in total. The Morgan fingerprint density at radius 3 is 2.72 bits per heavy atom. The maximum absolute atomic E-state index is 12.0. The number of aromatic nitrogens is 2. The molecule has 1 aromatic rings. The number of nitrogens with zero attached hydrogens (tertiary/aromatic N) is 5. The molecule has 1 aliphatic rings. The zero-order valence-corrected chi connectivity index (χ0v) is 17.3. The Labute approximate surface area is 169 Å². The van der Waals surface area contributed by atoms with Crippen LogP contribution in [0.4, 0.5) is 17.3 Å². The predicted molar refractivity (Wildman–Crippen MR) is 107 cm³/mol. The maximum Gasteiger partial charge on any atom is 0.353 e. The molecule has 1 amide bonds. The van der Waals surface area contributed by atoms with Gasteiger partial charge in [0.25, 0.3) is 0 Å². The average molecular weight is 408 g/mol. The average Bonchev–Trinajstić information content (AvgIpc) is 3.01. The molecule has 1 aromatic heterocycles. The van der Waals surface area contributed by atoms with Gasteiger partial charge in [-0.25, -0.2) is 9.97 Å². The summed E-state index contributed by atoms with van der Waals surface area (Å²) in [6.07, 6.45) is 3.30. The third kappa shape index (κ3) is 6.54. The summed E-state index contributed by atoms with van der Waals surface area (Å²) in [4.78, 5) is 45.8. The lowest BCUT2D eigenvalue weighted by Gasteiger charge is -2.23. The highest BCUT2D eigenvalue weighted by molar-refractivity contribution is 5.79. The number of hydrogen-bond donors (Lipinski definition) is 1. The van der Waals surface area contributed by atoms with Gasteiger partial charge >= 0.3 is 11.7 Å². The number of nitrogens with one attached hydrogen (secondary N) is 1. The van der Waals surface area contributed by atoms with Crippen molar-refractivity contribution in [3.05, 3.63) is 16.4 Å². The summed E-state index contributed by atoms with van der Waals surface area (Å²) in [5.41, 5.74) is -0.963. The van der Waals surface area contributed by atoms with E-state index in [1.165, 1.54) is 18.3 Å². The number of rotatable bonds is 9. The molecular weight excluding hydrogens is 380 g/mol. The van der Waals surface area contributed by atoms with E-state index in [1.54, 1.807) is 25.7 Å². The fourth-order valence-corrected chi connectivity index (χ4v) is 3.01. The van der Waals surface area contributed by atoms with Gasteiger partial charge in [0.15, 0.2) is 0 Å². The van der Waals surface area contributed by atoms with Gasteiger partial charge in [0.2, 0.25) is 17.5 Å². The molecule has 0 atom stereocenters. The smallest absolute Gasteiger partial charge is 0.353 e. The van der Waals surface area contributed by atoms with E-state index in [0.717, 1.165) is 13.0 Å². The fourth-order valence-electron chi connectivity index (χ4n) is 3.01. The summed E-state index contributed by atoms with van der Waals surface area (Å²) in [6.45, 7) is 6.81. The number of amides is 1. The minimum atomic E-state index is -0.654. The van der Waals surface area contributed by atoms with Crippen LogP contribution in [0, 0.1) is 10.1 Å². The van der Waals surface area contributed by atoms with Gasteiger partial charge in [-0.2, -0.15) is 0 Å². The van der Waals surface area contributed by atoms with Crippen LogP contribution in [0.15, 0.2) is 6.33 Å². The van der Waals surface area contributed by atoms with E-state index < -0.39 is 16.5 Å². The zero-order valence-electron chi connectivity index (χ0n) is 17.3. The van der Waals surface area contributed by atoms with Crippen LogP contribution in [0.25, 0.3) is 0 Å². The van der Waals surface area contributed by atoms with Gasteiger partial charge in [-0.3, -0.25) is 19.7 Å². The quantitative estimate of drug-likeness (QED) is 0.280. The number of nitro groups is 1.